The molecule has 0 aliphatic heterocycles. The molecule has 0 aromatic rings. The molecule has 11 nitrogen and oxygen atoms in total. The van der Waals surface area contributed by atoms with Gasteiger partial charge in [-0.15, -0.1) is 0 Å². The second-order valence-corrected chi connectivity index (χ2v) is 12.7. The summed E-state index contributed by atoms with van der Waals surface area (Å²) in [7, 11) is -8.25. The zero-order valence-electron chi connectivity index (χ0n) is 19.2. The Hall–Kier alpha value is -0.440. The molecule has 0 aliphatic rings. The number of alkyl carbamates (subject to hydrolysis) is 1. The number of hydrogen-bond donors (Lipinski definition) is 3. The third kappa shape index (κ3) is 17.1. The Balaban J connectivity index is 0. The molecular weight excluding hydrogens is 475 g/mol. The van der Waals surface area contributed by atoms with Crippen LogP contribution < -0.4 is 10.6 Å². The molecule has 2 amide bonds. The van der Waals surface area contributed by atoms with E-state index in [1.807, 2.05) is 0 Å². The van der Waals surface area contributed by atoms with Crippen LogP contribution in [0, 0.1) is 11.3 Å². The van der Waals surface area contributed by atoms with E-state index in [4.69, 9.17) is 13.5 Å². The van der Waals surface area contributed by atoms with E-state index in [1.165, 1.54) is 0 Å². The topological polar surface area (TPSA) is 165 Å². The molecule has 186 valence electrons. The van der Waals surface area contributed by atoms with Gasteiger partial charge in [-0.05, 0) is 33.1 Å². The van der Waals surface area contributed by atoms with Crippen molar-refractivity contribution in [3.63, 3.8) is 0 Å². The molecule has 32 heavy (non-hydrogen) atoms. The van der Waals surface area contributed by atoms with Crippen molar-refractivity contribution >= 4 is 61.8 Å². The second-order valence-electron chi connectivity index (χ2n) is 9.41. The molecule has 0 aromatic heterocycles. The predicted octanol–water partition coefficient (Wildman–Crippen LogP) is 0.654. The first-order chi connectivity index (χ1) is 13.7. The van der Waals surface area contributed by atoms with E-state index in [-0.39, 0.29) is 55.0 Å². The third-order valence-corrected chi connectivity index (χ3v) is 5.86. The molecule has 0 unspecified atom stereocenters. The minimum atomic E-state index is -4.25. The average molecular weight is 513 g/mol. The van der Waals surface area contributed by atoms with Gasteiger partial charge in [-0.3, -0.25) is 13.5 Å². The fourth-order valence-electron chi connectivity index (χ4n) is 2.18. The molecule has 0 bridgehead atoms. The van der Waals surface area contributed by atoms with Gasteiger partial charge in [0.15, 0.2) is 0 Å². The van der Waals surface area contributed by atoms with E-state index in [1.54, 1.807) is 48.5 Å². The zero-order valence-corrected chi connectivity index (χ0v) is 20.9. The van der Waals surface area contributed by atoms with Crippen LogP contribution in [-0.2, 0) is 34.0 Å². The van der Waals surface area contributed by atoms with Crippen molar-refractivity contribution in [2.24, 2.45) is 11.3 Å². The Morgan fingerprint density at radius 3 is 1.97 bits per heavy atom. The van der Waals surface area contributed by atoms with Gasteiger partial charge in [0.2, 0.25) is 5.91 Å². The van der Waals surface area contributed by atoms with Crippen LogP contribution in [0.2, 0.25) is 0 Å². The SMILES string of the molecule is CC(C)[C@H](NC(=O)OC(C)(C)C)C(=O)NCC(C)(C)COS(=O)(=O)CCCS(=O)(=O)O.[NaH]. The molecule has 0 saturated carbocycles. The van der Waals surface area contributed by atoms with Gasteiger partial charge in [0.25, 0.3) is 20.2 Å². The Morgan fingerprint density at radius 2 is 1.53 bits per heavy atom. The molecule has 0 fully saturated rings. The van der Waals surface area contributed by atoms with E-state index >= 15 is 0 Å². The summed E-state index contributed by atoms with van der Waals surface area (Å²) in [6.45, 7) is 11.8. The van der Waals surface area contributed by atoms with Crippen LogP contribution in [-0.4, -0.2) is 99.2 Å². The van der Waals surface area contributed by atoms with Crippen LogP contribution in [0.3, 0.4) is 0 Å². The Bertz CT molecular complexity index is 820. The number of amides is 2. The molecule has 3 N–H and O–H groups in total. The predicted molar refractivity (Wildman–Crippen MR) is 123 cm³/mol. The normalized spacial score (nSPS) is 13.8. The number of nitrogens with one attached hydrogen (secondary N) is 2. The van der Waals surface area contributed by atoms with Crippen LogP contribution in [0.25, 0.3) is 0 Å². The van der Waals surface area contributed by atoms with Crippen LogP contribution in [0.5, 0.6) is 0 Å². The molecule has 0 radical (unpaired) electrons. The van der Waals surface area contributed by atoms with E-state index in [2.05, 4.69) is 10.6 Å². The minimum absolute atomic E-state index is 0. The number of ether oxygens (including phenoxy) is 1. The van der Waals surface area contributed by atoms with Crippen molar-refractivity contribution in [3.05, 3.63) is 0 Å². The number of rotatable bonds is 12. The maximum atomic E-state index is 12.5. The number of carbonyl (C=O) groups excluding carboxylic acids is 2. The van der Waals surface area contributed by atoms with Gasteiger partial charge in [-0.25, -0.2) is 4.79 Å². The molecule has 1 atom stereocenters. The van der Waals surface area contributed by atoms with Crippen LogP contribution in [0.15, 0.2) is 0 Å². The van der Waals surface area contributed by atoms with Crippen LogP contribution in [0.4, 0.5) is 4.79 Å². The summed E-state index contributed by atoms with van der Waals surface area (Å²) in [6.07, 6.45) is -1.02. The van der Waals surface area contributed by atoms with E-state index < -0.39 is 60.8 Å². The van der Waals surface area contributed by atoms with E-state index in [0.717, 1.165) is 0 Å². The second kappa shape index (κ2) is 13.4. The van der Waals surface area contributed by atoms with Gasteiger partial charge in [0.05, 0.1) is 18.1 Å². The van der Waals surface area contributed by atoms with Gasteiger partial charge in [0, 0.05) is 12.0 Å². The first kappa shape index (κ1) is 33.7. The molecule has 0 heterocycles. The molecular formula is C18H37N2NaO9S2. The van der Waals surface area contributed by atoms with Crippen molar-refractivity contribution in [1.29, 1.82) is 0 Å². The fourth-order valence-corrected chi connectivity index (χ4v) is 3.99. The first-order valence-corrected chi connectivity index (χ1v) is 13.0. The summed E-state index contributed by atoms with van der Waals surface area (Å²) in [5, 5.41) is 5.21. The Morgan fingerprint density at radius 1 is 1.00 bits per heavy atom. The van der Waals surface area contributed by atoms with Crippen molar-refractivity contribution in [2.75, 3.05) is 24.7 Å². The van der Waals surface area contributed by atoms with Gasteiger partial charge in [0.1, 0.15) is 11.6 Å². The standard InChI is InChI=1S/C18H36N2O9S2.Na.H/c1-13(2)14(20-16(22)29-17(3,4)5)15(21)19-11-18(6,7)12-28-31(26,27)10-8-9-30(23,24)25;;/h13-14H,8-12H2,1-7H3,(H,19,21)(H,20,22)(H,23,24,25);;/t14-;;/m0../s1. The molecule has 0 aromatic carbocycles. The average Bonchev–Trinajstić information content (AvgIpc) is 2.53. The van der Waals surface area contributed by atoms with Gasteiger partial charge in [-0.2, -0.15) is 16.8 Å². The maximum absolute atomic E-state index is 12.5. The summed E-state index contributed by atoms with van der Waals surface area (Å²) >= 11 is 0. The molecule has 0 saturated heterocycles. The number of carbonyl (C=O) groups is 2. The summed E-state index contributed by atoms with van der Waals surface area (Å²) in [5.74, 6) is -1.93. The Kier molecular flexibility index (Phi) is 14.2. The summed E-state index contributed by atoms with van der Waals surface area (Å²) in [4.78, 5) is 24.5. The third-order valence-electron chi connectivity index (χ3n) is 3.79. The monoisotopic (exact) mass is 512 g/mol. The van der Waals surface area contributed by atoms with Crippen molar-refractivity contribution < 1.29 is 39.9 Å². The van der Waals surface area contributed by atoms with Gasteiger partial charge in [-0.1, -0.05) is 27.7 Å². The molecule has 0 spiro atoms. The van der Waals surface area contributed by atoms with Crippen LogP contribution in [0.1, 0.15) is 54.9 Å². The number of hydrogen-bond acceptors (Lipinski definition) is 8. The Labute approximate surface area is 213 Å². The molecule has 0 rings (SSSR count). The van der Waals surface area contributed by atoms with Gasteiger partial charge < -0.3 is 15.4 Å². The molecule has 14 heteroatoms. The summed E-state index contributed by atoms with van der Waals surface area (Å²) in [6, 6.07) is -0.851. The first-order valence-electron chi connectivity index (χ1n) is 9.82. The summed E-state index contributed by atoms with van der Waals surface area (Å²) < 4.78 is 63.9. The quantitative estimate of drug-likeness (QED) is 0.193. The van der Waals surface area contributed by atoms with Crippen molar-refractivity contribution in [2.45, 2.75) is 66.5 Å². The molecule has 0 aliphatic carbocycles. The van der Waals surface area contributed by atoms with Gasteiger partial charge >= 0.3 is 35.7 Å². The van der Waals surface area contributed by atoms with Crippen molar-refractivity contribution in [1.82, 2.24) is 10.6 Å². The fraction of sp³-hybridized carbons (Fsp3) is 0.889. The van der Waals surface area contributed by atoms with Crippen molar-refractivity contribution in [3.8, 4) is 0 Å². The summed E-state index contributed by atoms with van der Waals surface area (Å²) in [5.41, 5.74) is -1.49. The zero-order chi connectivity index (χ0) is 24.7. The van der Waals surface area contributed by atoms with Crippen LogP contribution >= 0.6 is 0 Å². The van der Waals surface area contributed by atoms with E-state index in [0.29, 0.717) is 0 Å². The van der Waals surface area contributed by atoms with E-state index in [9.17, 15) is 26.4 Å².